The van der Waals surface area contributed by atoms with E-state index in [9.17, 15) is 19.2 Å². The van der Waals surface area contributed by atoms with E-state index < -0.39 is 12.1 Å². The van der Waals surface area contributed by atoms with Gasteiger partial charge < -0.3 is 16.0 Å². The van der Waals surface area contributed by atoms with E-state index in [1.165, 1.54) is 0 Å². The zero-order chi connectivity index (χ0) is 23.9. The van der Waals surface area contributed by atoms with Gasteiger partial charge in [-0.3, -0.25) is 19.3 Å². The lowest BCUT2D eigenvalue weighted by molar-refractivity contribution is -0.125. The summed E-state index contributed by atoms with van der Waals surface area (Å²) < 4.78 is 0. The van der Waals surface area contributed by atoms with Crippen LogP contribution in [-0.2, 0) is 16.1 Å². The van der Waals surface area contributed by atoms with Crippen LogP contribution < -0.4 is 16.0 Å². The van der Waals surface area contributed by atoms with Gasteiger partial charge in [-0.15, -0.1) is 0 Å². The quantitative estimate of drug-likeness (QED) is 0.452. The smallest absolute Gasteiger partial charge is 0.324 e. The monoisotopic (exact) mass is 456 g/mol. The molecule has 8 nitrogen and oxygen atoms in total. The van der Waals surface area contributed by atoms with Crippen LogP contribution in [-0.4, -0.2) is 35.2 Å². The summed E-state index contributed by atoms with van der Waals surface area (Å²) in [6.45, 7) is 0.110. The summed E-state index contributed by atoms with van der Waals surface area (Å²) in [7, 11) is 0. The number of carbonyl (C=O) groups is 4. The number of benzene rings is 3. The van der Waals surface area contributed by atoms with Gasteiger partial charge in [0.05, 0.1) is 25.6 Å². The van der Waals surface area contributed by atoms with Crippen molar-refractivity contribution in [2.75, 3.05) is 11.9 Å². The van der Waals surface area contributed by atoms with Gasteiger partial charge in [-0.05, 0) is 35.4 Å². The topological polar surface area (TPSA) is 108 Å². The summed E-state index contributed by atoms with van der Waals surface area (Å²) in [5.41, 5.74) is 2.57. The second-order valence-corrected chi connectivity index (χ2v) is 7.89. The highest BCUT2D eigenvalue weighted by Gasteiger charge is 2.28. The molecule has 1 saturated heterocycles. The molecule has 4 rings (SSSR count). The minimum absolute atomic E-state index is 0.00909. The van der Waals surface area contributed by atoms with Crippen molar-refractivity contribution in [3.63, 3.8) is 0 Å². The van der Waals surface area contributed by atoms with Gasteiger partial charge in [0.25, 0.3) is 5.91 Å². The largest absolute Gasteiger partial charge is 0.345 e. The Hall–Kier alpha value is -4.46. The van der Waals surface area contributed by atoms with Crippen molar-refractivity contribution in [2.45, 2.75) is 19.0 Å². The van der Waals surface area contributed by atoms with Crippen molar-refractivity contribution in [3.8, 4) is 0 Å². The first kappa shape index (κ1) is 22.7. The summed E-state index contributed by atoms with van der Waals surface area (Å²) in [6.07, 6.45) is 0.0276. The molecule has 0 saturated carbocycles. The van der Waals surface area contributed by atoms with Crippen LogP contribution in [0.2, 0.25) is 0 Å². The highest BCUT2D eigenvalue weighted by molar-refractivity contribution is 6.02. The normalized spacial score (nSPS) is 13.8. The predicted molar refractivity (Wildman–Crippen MR) is 127 cm³/mol. The van der Waals surface area contributed by atoms with Gasteiger partial charge in [0.15, 0.2) is 0 Å². The number of urea groups is 1. The van der Waals surface area contributed by atoms with Crippen LogP contribution >= 0.6 is 0 Å². The summed E-state index contributed by atoms with van der Waals surface area (Å²) >= 11 is 0. The Kier molecular flexibility index (Phi) is 6.98. The number of carbonyl (C=O) groups excluding carboxylic acids is 4. The lowest BCUT2D eigenvalue weighted by Gasteiger charge is -2.19. The van der Waals surface area contributed by atoms with Crippen LogP contribution in [0, 0.1) is 0 Å². The molecule has 0 radical (unpaired) electrons. The Balaban J connectivity index is 1.44. The summed E-state index contributed by atoms with van der Waals surface area (Å²) in [5, 5.41) is 8.28. The van der Waals surface area contributed by atoms with Crippen LogP contribution in [0.1, 0.15) is 33.9 Å². The second kappa shape index (κ2) is 10.4. The molecule has 8 heteroatoms. The minimum atomic E-state index is -0.525. The van der Waals surface area contributed by atoms with Crippen molar-refractivity contribution in [1.82, 2.24) is 15.5 Å². The molecule has 1 heterocycles. The van der Waals surface area contributed by atoms with Gasteiger partial charge in [0.1, 0.15) is 0 Å². The molecule has 1 fully saturated rings. The average molecular weight is 457 g/mol. The number of hydrogen-bond donors (Lipinski definition) is 3. The third kappa shape index (κ3) is 5.66. The average Bonchev–Trinajstić information content (AvgIpc) is 3.17. The van der Waals surface area contributed by atoms with Crippen molar-refractivity contribution >= 4 is 29.4 Å². The van der Waals surface area contributed by atoms with Gasteiger partial charge in [-0.2, -0.15) is 0 Å². The Morgan fingerprint density at radius 1 is 0.912 bits per heavy atom. The van der Waals surface area contributed by atoms with Crippen LogP contribution in [0.3, 0.4) is 0 Å². The lowest BCUT2D eigenvalue weighted by atomic mass is 10.0. The molecule has 0 bridgehead atoms. The third-order valence-electron chi connectivity index (χ3n) is 5.42. The molecule has 3 N–H and O–H groups in total. The van der Waals surface area contributed by atoms with E-state index in [2.05, 4.69) is 16.0 Å². The van der Waals surface area contributed by atoms with E-state index in [1.54, 1.807) is 48.5 Å². The molecule has 3 aromatic carbocycles. The molecule has 1 unspecified atom stereocenters. The molecule has 34 heavy (non-hydrogen) atoms. The number of nitrogens with zero attached hydrogens (tertiary/aromatic N) is 1. The maximum absolute atomic E-state index is 12.9. The van der Waals surface area contributed by atoms with Gasteiger partial charge >= 0.3 is 6.03 Å². The molecule has 1 aliphatic heterocycles. The molecule has 3 aromatic rings. The first-order valence-corrected chi connectivity index (χ1v) is 10.9. The molecular formula is C26H24N4O4. The lowest BCUT2D eigenvalue weighted by Crippen LogP contribution is -2.31. The third-order valence-corrected chi connectivity index (χ3v) is 5.42. The predicted octanol–water partition coefficient (Wildman–Crippen LogP) is 3.24. The highest BCUT2D eigenvalue weighted by atomic mass is 16.2. The number of anilines is 1. The number of rotatable bonds is 8. The first-order valence-electron chi connectivity index (χ1n) is 10.9. The highest BCUT2D eigenvalue weighted by Crippen LogP contribution is 2.20. The Bertz CT molecular complexity index is 1180. The molecule has 1 aliphatic rings. The zero-order valence-electron chi connectivity index (χ0n) is 18.4. The van der Waals surface area contributed by atoms with Crippen molar-refractivity contribution in [3.05, 3.63) is 102 Å². The Labute approximate surface area is 197 Å². The van der Waals surface area contributed by atoms with Crippen LogP contribution in [0.25, 0.3) is 0 Å². The van der Waals surface area contributed by atoms with Gasteiger partial charge in [0.2, 0.25) is 11.8 Å². The van der Waals surface area contributed by atoms with Gasteiger partial charge in [-0.25, -0.2) is 4.79 Å². The summed E-state index contributed by atoms with van der Waals surface area (Å²) in [6, 6.07) is 24.2. The first-order chi connectivity index (χ1) is 16.5. The van der Waals surface area contributed by atoms with E-state index >= 15 is 0 Å². The SMILES string of the molecule is O=C(CC(NC(=O)c1ccccc1)c1ccccc1)Nc1cccc(CN2C(=O)CNC2=O)c1. The van der Waals surface area contributed by atoms with Crippen LogP contribution in [0.15, 0.2) is 84.9 Å². The molecule has 5 amide bonds. The summed E-state index contributed by atoms with van der Waals surface area (Å²) in [5.74, 6) is -0.841. The number of hydrogen-bond acceptors (Lipinski definition) is 4. The molecule has 172 valence electrons. The maximum atomic E-state index is 12.9. The maximum Gasteiger partial charge on any atom is 0.324 e. The van der Waals surface area contributed by atoms with Crippen LogP contribution in [0.4, 0.5) is 10.5 Å². The van der Waals surface area contributed by atoms with Crippen molar-refractivity contribution in [1.29, 1.82) is 0 Å². The molecule has 0 aliphatic carbocycles. The molecule has 0 spiro atoms. The number of imide groups is 1. The molecule has 1 atom stereocenters. The van der Waals surface area contributed by atoms with E-state index in [0.717, 1.165) is 10.5 Å². The van der Waals surface area contributed by atoms with Gasteiger partial charge in [-0.1, -0.05) is 60.7 Å². The van der Waals surface area contributed by atoms with E-state index in [0.29, 0.717) is 16.8 Å². The Morgan fingerprint density at radius 2 is 1.62 bits per heavy atom. The number of amides is 5. The Morgan fingerprint density at radius 3 is 2.29 bits per heavy atom. The minimum Gasteiger partial charge on any atom is -0.345 e. The molecular weight excluding hydrogens is 432 g/mol. The fourth-order valence-corrected chi connectivity index (χ4v) is 3.71. The summed E-state index contributed by atoms with van der Waals surface area (Å²) in [4.78, 5) is 50.4. The zero-order valence-corrected chi connectivity index (χ0v) is 18.4. The second-order valence-electron chi connectivity index (χ2n) is 7.89. The van der Waals surface area contributed by atoms with Crippen molar-refractivity contribution < 1.29 is 19.2 Å². The fourth-order valence-electron chi connectivity index (χ4n) is 3.71. The van der Waals surface area contributed by atoms with E-state index in [1.807, 2.05) is 36.4 Å². The van der Waals surface area contributed by atoms with Crippen molar-refractivity contribution in [2.24, 2.45) is 0 Å². The van der Waals surface area contributed by atoms with Gasteiger partial charge in [0, 0.05) is 11.3 Å². The number of nitrogens with one attached hydrogen (secondary N) is 3. The standard InChI is InChI=1S/C26H24N4O4/c31-23(28-21-13-7-8-18(14-21)17-30-24(32)16-27-26(30)34)15-22(19-9-3-1-4-10-19)29-25(33)20-11-5-2-6-12-20/h1-14,22H,15-17H2,(H,27,34)(H,28,31)(H,29,33). The van der Waals surface area contributed by atoms with Crippen LogP contribution in [0.5, 0.6) is 0 Å². The van der Waals surface area contributed by atoms with E-state index in [4.69, 9.17) is 0 Å². The molecule has 0 aromatic heterocycles. The van der Waals surface area contributed by atoms with E-state index in [-0.39, 0.29) is 37.2 Å². The fraction of sp³-hybridized carbons (Fsp3) is 0.154.